The molecule has 0 bridgehead atoms. The summed E-state index contributed by atoms with van der Waals surface area (Å²) in [6.07, 6.45) is 0.908. The highest BCUT2D eigenvalue weighted by Gasteiger charge is 2.37. The lowest BCUT2D eigenvalue weighted by atomic mass is 10.1. The standard InChI is InChI=1S/C16H16FNO.ClH/c17-12-6-7-16(14(8-12)13-9-15(13)18)19-10-11-4-2-1-3-5-11;/h1-8,13,15H,9-10,18H2;1H. The molecule has 1 aliphatic rings. The second-order valence-corrected chi connectivity index (χ2v) is 4.96. The Kier molecular flexibility index (Phi) is 4.63. The number of hydrogen-bond donors (Lipinski definition) is 1. The SMILES string of the molecule is Cl.NC1CC1c1cc(F)ccc1OCc1ccccc1. The van der Waals surface area contributed by atoms with Gasteiger partial charge in [-0.2, -0.15) is 0 Å². The summed E-state index contributed by atoms with van der Waals surface area (Å²) >= 11 is 0. The third-order valence-corrected chi connectivity index (χ3v) is 3.45. The Morgan fingerprint density at radius 1 is 1.15 bits per heavy atom. The van der Waals surface area contributed by atoms with Gasteiger partial charge in [0, 0.05) is 17.5 Å². The molecule has 0 spiro atoms. The van der Waals surface area contributed by atoms with E-state index >= 15 is 0 Å². The summed E-state index contributed by atoms with van der Waals surface area (Å²) < 4.78 is 19.1. The number of benzene rings is 2. The van der Waals surface area contributed by atoms with Crippen LogP contribution in [0.4, 0.5) is 4.39 Å². The normalized spacial score (nSPS) is 20.1. The van der Waals surface area contributed by atoms with Crippen LogP contribution in [0, 0.1) is 5.82 Å². The fourth-order valence-corrected chi connectivity index (χ4v) is 2.25. The lowest BCUT2D eigenvalue weighted by Crippen LogP contribution is -2.04. The lowest BCUT2D eigenvalue weighted by Gasteiger charge is -2.11. The second-order valence-electron chi connectivity index (χ2n) is 4.96. The zero-order valence-electron chi connectivity index (χ0n) is 11.0. The van der Waals surface area contributed by atoms with Gasteiger partial charge in [0.1, 0.15) is 18.2 Å². The molecule has 0 saturated heterocycles. The third kappa shape index (κ3) is 3.30. The van der Waals surface area contributed by atoms with E-state index in [2.05, 4.69) is 0 Å². The van der Waals surface area contributed by atoms with Crippen LogP contribution in [0.15, 0.2) is 48.5 Å². The van der Waals surface area contributed by atoms with Gasteiger partial charge in [-0.25, -0.2) is 4.39 Å². The van der Waals surface area contributed by atoms with E-state index in [4.69, 9.17) is 10.5 Å². The molecule has 0 aromatic heterocycles. The van der Waals surface area contributed by atoms with Crippen LogP contribution >= 0.6 is 12.4 Å². The minimum Gasteiger partial charge on any atom is -0.489 e. The average Bonchev–Trinajstić information content (AvgIpc) is 3.15. The Labute approximate surface area is 124 Å². The zero-order chi connectivity index (χ0) is 13.2. The molecular weight excluding hydrogens is 277 g/mol. The predicted octanol–water partition coefficient (Wildman–Crippen LogP) is 3.64. The van der Waals surface area contributed by atoms with Gasteiger partial charge in [-0.3, -0.25) is 0 Å². The van der Waals surface area contributed by atoms with Crippen LogP contribution < -0.4 is 10.5 Å². The van der Waals surface area contributed by atoms with E-state index in [1.807, 2.05) is 30.3 Å². The first-order chi connectivity index (χ1) is 9.24. The lowest BCUT2D eigenvalue weighted by molar-refractivity contribution is 0.302. The van der Waals surface area contributed by atoms with E-state index in [1.54, 1.807) is 6.07 Å². The van der Waals surface area contributed by atoms with Crippen molar-refractivity contribution in [2.24, 2.45) is 5.73 Å². The van der Waals surface area contributed by atoms with Crippen molar-refractivity contribution in [3.63, 3.8) is 0 Å². The van der Waals surface area contributed by atoms with Crippen LogP contribution in [-0.4, -0.2) is 6.04 Å². The molecule has 20 heavy (non-hydrogen) atoms. The fourth-order valence-electron chi connectivity index (χ4n) is 2.25. The van der Waals surface area contributed by atoms with Gasteiger partial charge in [0.05, 0.1) is 0 Å². The highest BCUT2D eigenvalue weighted by atomic mass is 35.5. The molecule has 1 fully saturated rings. The Morgan fingerprint density at radius 2 is 1.85 bits per heavy atom. The van der Waals surface area contributed by atoms with Gasteiger partial charge in [-0.15, -0.1) is 12.4 Å². The summed E-state index contributed by atoms with van der Waals surface area (Å²) in [5, 5.41) is 0. The van der Waals surface area contributed by atoms with Gasteiger partial charge >= 0.3 is 0 Å². The summed E-state index contributed by atoms with van der Waals surface area (Å²) in [5.41, 5.74) is 7.83. The summed E-state index contributed by atoms with van der Waals surface area (Å²) in [4.78, 5) is 0. The molecule has 1 saturated carbocycles. The van der Waals surface area contributed by atoms with Crippen LogP contribution in [0.3, 0.4) is 0 Å². The van der Waals surface area contributed by atoms with Gasteiger partial charge in [0.15, 0.2) is 0 Å². The average molecular weight is 294 g/mol. The largest absolute Gasteiger partial charge is 0.489 e. The molecule has 0 heterocycles. The zero-order valence-corrected chi connectivity index (χ0v) is 11.8. The maximum absolute atomic E-state index is 13.3. The highest BCUT2D eigenvalue weighted by molar-refractivity contribution is 5.85. The van der Waals surface area contributed by atoms with Crippen LogP contribution in [0.1, 0.15) is 23.5 Å². The fraction of sp³-hybridized carbons (Fsp3) is 0.250. The first kappa shape index (κ1) is 14.8. The predicted molar refractivity (Wildman–Crippen MR) is 79.8 cm³/mol. The number of nitrogens with two attached hydrogens (primary N) is 1. The van der Waals surface area contributed by atoms with Gasteiger partial charge in [-0.05, 0) is 30.2 Å². The molecule has 2 atom stereocenters. The first-order valence-corrected chi connectivity index (χ1v) is 6.46. The molecule has 4 heteroatoms. The number of halogens is 2. The van der Waals surface area contributed by atoms with E-state index in [0.717, 1.165) is 23.3 Å². The van der Waals surface area contributed by atoms with E-state index in [0.29, 0.717) is 6.61 Å². The van der Waals surface area contributed by atoms with Crippen molar-refractivity contribution in [1.29, 1.82) is 0 Å². The van der Waals surface area contributed by atoms with Crippen molar-refractivity contribution < 1.29 is 9.13 Å². The van der Waals surface area contributed by atoms with Crippen molar-refractivity contribution in [3.8, 4) is 5.75 Å². The van der Waals surface area contributed by atoms with E-state index < -0.39 is 0 Å². The summed E-state index contributed by atoms with van der Waals surface area (Å²) in [5.74, 6) is 0.742. The van der Waals surface area contributed by atoms with Gasteiger partial charge < -0.3 is 10.5 Å². The molecule has 106 valence electrons. The van der Waals surface area contributed by atoms with E-state index in [1.165, 1.54) is 12.1 Å². The van der Waals surface area contributed by atoms with Crippen molar-refractivity contribution in [1.82, 2.24) is 0 Å². The van der Waals surface area contributed by atoms with Crippen LogP contribution in [0.25, 0.3) is 0 Å². The van der Waals surface area contributed by atoms with E-state index in [9.17, 15) is 4.39 Å². The minimum atomic E-state index is -0.235. The maximum Gasteiger partial charge on any atom is 0.123 e. The Hall–Kier alpha value is -1.58. The van der Waals surface area contributed by atoms with E-state index in [-0.39, 0.29) is 30.2 Å². The molecule has 3 rings (SSSR count). The quantitative estimate of drug-likeness (QED) is 0.934. The molecule has 0 aliphatic heterocycles. The van der Waals surface area contributed by atoms with Crippen LogP contribution in [0.5, 0.6) is 5.75 Å². The summed E-state index contributed by atoms with van der Waals surface area (Å²) in [7, 11) is 0. The molecule has 2 N–H and O–H groups in total. The Balaban J connectivity index is 0.00000147. The molecule has 0 radical (unpaired) electrons. The van der Waals surface area contributed by atoms with Gasteiger partial charge in [-0.1, -0.05) is 30.3 Å². The minimum absolute atomic E-state index is 0. The second kappa shape index (κ2) is 6.25. The molecule has 1 aliphatic carbocycles. The Morgan fingerprint density at radius 3 is 2.50 bits per heavy atom. The number of hydrogen-bond acceptors (Lipinski definition) is 2. The van der Waals surface area contributed by atoms with Crippen LogP contribution in [0.2, 0.25) is 0 Å². The molecule has 2 unspecified atom stereocenters. The van der Waals surface area contributed by atoms with Crippen molar-refractivity contribution in [2.75, 3.05) is 0 Å². The smallest absolute Gasteiger partial charge is 0.123 e. The van der Waals surface area contributed by atoms with Crippen LogP contribution in [-0.2, 0) is 6.61 Å². The van der Waals surface area contributed by atoms with Gasteiger partial charge in [0.2, 0.25) is 0 Å². The highest BCUT2D eigenvalue weighted by Crippen LogP contribution is 2.43. The molecule has 2 nitrogen and oxygen atoms in total. The van der Waals surface area contributed by atoms with Crippen molar-refractivity contribution in [3.05, 3.63) is 65.5 Å². The molecule has 2 aromatic carbocycles. The topological polar surface area (TPSA) is 35.2 Å². The van der Waals surface area contributed by atoms with Crippen molar-refractivity contribution >= 4 is 12.4 Å². The maximum atomic E-state index is 13.3. The summed E-state index contributed by atoms with van der Waals surface area (Å²) in [6, 6.07) is 14.7. The first-order valence-electron chi connectivity index (χ1n) is 6.46. The number of rotatable bonds is 4. The molecule has 0 amide bonds. The monoisotopic (exact) mass is 293 g/mol. The molecular formula is C16H17ClFNO. The number of ether oxygens (including phenoxy) is 1. The summed E-state index contributed by atoms with van der Waals surface area (Å²) in [6.45, 7) is 0.488. The third-order valence-electron chi connectivity index (χ3n) is 3.45. The Bertz CT molecular complexity index is 576. The van der Waals surface area contributed by atoms with Gasteiger partial charge in [0.25, 0.3) is 0 Å². The molecule has 2 aromatic rings. The van der Waals surface area contributed by atoms with Crippen molar-refractivity contribution in [2.45, 2.75) is 25.0 Å².